The number of anilines is 1. The maximum Gasteiger partial charge on any atom is 0.258 e. The zero-order valence-corrected chi connectivity index (χ0v) is 7.18. The van der Waals surface area contributed by atoms with Crippen LogP contribution in [-0.2, 0) is 0 Å². The van der Waals surface area contributed by atoms with Gasteiger partial charge in [0.25, 0.3) is 5.91 Å². The van der Waals surface area contributed by atoms with Crippen molar-refractivity contribution in [1.82, 2.24) is 0 Å². The number of benzene rings is 1. The van der Waals surface area contributed by atoms with E-state index in [9.17, 15) is 4.79 Å². The van der Waals surface area contributed by atoms with Crippen molar-refractivity contribution in [2.45, 2.75) is 0 Å². The van der Waals surface area contributed by atoms with Crippen LogP contribution < -0.4 is 5.32 Å². The Morgan fingerprint density at radius 3 is 2.70 bits per heavy atom. The second-order valence-corrected chi connectivity index (χ2v) is 3.28. The van der Waals surface area contributed by atoms with E-state index in [0.29, 0.717) is 0 Å². The van der Waals surface area contributed by atoms with Crippen molar-refractivity contribution in [2.24, 2.45) is 0 Å². The Morgan fingerprint density at radius 2 is 2.20 bits per heavy atom. The van der Waals surface area contributed by atoms with Crippen molar-refractivity contribution in [3.05, 3.63) is 27.3 Å². The summed E-state index contributed by atoms with van der Waals surface area (Å²) >= 11 is 2.16. The summed E-state index contributed by atoms with van der Waals surface area (Å²) in [6.45, 7) is 0. The Kier molecular flexibility index (Phi) is 1.20. The minimum Gasteiger partial charge on any atom is -0.321 e. The SMILES string of the molecule is O=C1Nc2cccc(I)c21. The van der Waals surface area contributed by atoms with Gasteiger partial charge < -0.3 is 5.32 Å². The fraction of sp³-hybridized carbons (Fsp3) is 0. The highest BCUT2D eigenvalue weighted by atomic mass is 127. The van der Waals surface area contributed by atoms with E-state index < -0.39 is 0 Å². The Bertz CT molecular complexity index is 294. The third-order valence-electron chi connectivity index (χ3n) is 1.49. The molecule has 50 valence electrons. The van der Waals surface area contributed by atoms with E-state index in [4.69, 9.17) is 0 Å². The largest absolute Gasteiger partial charge is 0.321 e. The van der Waals surface area contributed by atoms with Crippen molar-refractivity contribution < 1.29 is 4.79 Å². The molecule has 1 aromatic carbocycles. The molecule has 0 fully saturated rings. The van der Waals surface area contributed by atoms with Crippen LogP contribution in [0.15, 0.2) is 18.2 Å². The summed E-state index contributed by atoms with van der Waals surface area (Å²) in [5.41, 5.74) is 1.79. The topological polar surface area (TPSA) is 29.1 Å². The summed E-state index contributed by atoms with van der Waals surface area (Å²) in [5.74, 6) is 0.0417. The van der Waals surface area contributed by atoms with Gasteiger partial charge in [-0.05, 0) is 34.7 Å². The third-order valence-corrected chi connectivity index (χ3v) is 2.39. The van der Waals surface area contributed by atoms with Crippen LogP contribution in [-0.4, -0.2) is 5.91 Å². The highest BCUT2D eigenvalue weighted by Crippen LogP contribution is 2.29. The molecule has 1 amide bonds. The predicted octanol–water partition coefficient (Wildman–Crippen LogP) is 1.86. The molecule has 0 aromatic heterocycles. The maximum absolute atomic E-state index is 10.8. The van der Waals surface area contributed by atoms with E-state index in [1.54, 1.807) is 0 Å². The molecule has 0 aliphatic carbocycles. The highest BCUT2D eigenvalue weighted by molar-refractivity contribution is 14.1. The number of carbonyl (C=O) groups is 1. The monoisotopic (exact) mass is 245 g/mol. The minimum absolute atomic E-state index is 0.0417. The molecule has 1 aromatic rings. The van der Waals surface area contributed by atoms with Crippen molar-refractivity contribution >= 4 is 34.2 Å². The van der Waals surface area contributed by atoms with Crippen LogP contribution in [0.5, 0.6) is 0 Å². The molecule has 1 aliphatic heterocycles. The van der Waals surface area contributed by atoms with Gasteiger partial charge in [0.2, 0.25) is 0 Å². The van der Waals surface area contributed by atoms with Crippen molar-refractivity contribution in [1.29, 1.82) is 0 Å². The Labute approximate surface area is 71.8 Å². The normalized spacial score (nSPS) is 13.5. The molecule has 2 nitrogen and oxygen atoms in total. The molecule has 1 N–H and O–H groups in total. The first kappa shape index (κ1) is 6.15. The van der Waals surface area contributed by atoms with E-state index in [1.807, 2.05) is 18.2 Å². The van der Waals surface area contributed by atoms with Gasteiger partial charge >= 0.3 is 0 Å². The first-order valence-electron chi connectivity index (χ1n) is 2.89. The number of rotatable bonds is 0. The summed E-state index contributed by atoms with van der Waals surface area (Å²) in [4.78, 5) is 10.8. The number of nitrogens with one attached hydrogen (secondary N) is 1. The smallest absolute Gasteiger partial charge is 0.258 e. The van der Waals surface area contributed by atoms with E-state index in [2.05, 4.69) is 27.9 Å². The first-order chi connectivity index (χ1) is 4.79. The average molecular weight is 245 g/mol. The van der Waals surface area contributed by atoms with E-state index in [1.165, 1.54) is 0 Å². The molecule has 0 radical (unpaired) electrons. The lowest BCUT2D eigenvalue weighted by atomic mass is 10.1. The second kappa shape index (κ2) is 1.95. The molecule has 0 atom stereocenters. The van der Waals surface area contributed by atoms with Crippen LogP contribution in [0.3, 0.4) is 0 Å². The third kappa shape index (κ3) is 0.667. The summed E-state index contributed by atoms with van der Waals surface area (Å²) in [6.07, 6.45) is 0. The zero-order valence-electron chi connectivity index (χ0n) is 5.02. The van der Waals surface area contributed by atoms with Gasteiger partial charge in [-0.2, -0.15) is 0 Å². The van der Waals surface area contributed by atoms with Crippen LogP contribution in [0, 0.1) is 3.57 Å². The summed E-state index contributed by atoms with van der Waals surface area (Å²) in [7, 11) is 0. The standard InChI is InChI=1S/C7H4INO/c8-4-2-1-3-5-6(4)7(10)9-5/h1-3H,(H,9,10). The van der Waals surface area contributed by atoms with Crippen LogP contribution in [0.2, 0.25) is 0 Å². The lowest BCUT2D eigenvalue weighted by Gasteiger charge is -2.19. The fourth-order valence-electron chi connectivity index (χ4n) is 0.981. The molecule has 2 rings (SSSR count). The van der Waals surface area contributed by atoms with Crippen LogP contribution in [0.1, 0.15) is 10.4 Å². The first-order valence-corrected chi connectivity index (χ1v) is 3.97. The molecule has 1 heterocycles. The van der Waals surface area contributed by atoms with Crippen molar-refractivity contribution in [3.8, 4) is 0 Å². The number of amides is 1. The van der Waals surface area contributed by atoms with E-state index in [0.717, 1.165) is 14.8 Å². The number of halogens is 1. The van der Waals surface area contributed by atoms with Gasteiger partial charge in [0.1, 0.15) is 0 Å². The molecule has 1 aliphatic rings. The van der Waals surface area contributed by atoms with Gasteiger partial charge in [-0.3, -0.25) is 4.79 Å². The number of fused-ring (bicyclic) bond motifs is 1. The Morgan fingerprint density at radius 1 is 1.40 bits per heavy atom. The van der Waals surface area contributed by atoms with Gasteiger partial charge in [-0.1, -0.05) is 6.07 Å². The number of carbonyl (C=O) groups excluding carboxylic acids is 1. The summed E-state index contributed by atoms with van der Waals surface area (Å²) in [5, 5.41) is 2.68. The quantitative estimate of drug-likeness (QED) is 0.694. The molecular weight excluding hydrogens is 241 g/mol. The Balaban J connectivity index is 2.68. The van der Waals surface area contributed by atoms with Gasteiger partial charge in [-0.15, -0.1) is 0 Å². The number of hydrogen-bond acceptors (Lipinski definition) is 1. The maximum atomic E-state index is 10.8. The van der Waals surface area contributed by atoms with Crippen LogP contribution in [0.4, 0.5) is 5.69 Å². The van der Waals surface area contributed by atoms with E-state index >= 15 is 0 Å². The molecule has 3 heteroatoms. The summed E-state index contributed by atoms with van der Waals surface area (Å²) in [6, 6.07) is 5.76. The lowest BCUT2D eigenvalue weighted by Crippen LogP contribution is -2.25. The Hall–Kier alpha value is -0.580. The van der Waals surface area contributed by atoms with Gasteiger partial charge in [0, 0.05) is 3.57 Å². The molecule has 0 bridgehead atoms. The lowest BCUT2D eigenvalue weighted by molar-refractivity contribution is 0.101. The molecule has 0 saturated carbocycles. The zero-order chi connectivity index (χ0) is 7.14. The van der Waals surface area contributed by atoms with Crippen molar-refractivity contribution in [3.63, 3.8) is 0 Å². The molecule has 0 unspecified atom stereocenters. The van der Waals surface area contributed by atoms with Crippen LogP contribution in [0.25, 0.3) is 0 Å². The number of hydrogen-bond donors (Lipinski definition) is 1. The van der Waals surface area contributed by atoms with Crippen molar-refractivity contribution in [2.75, 3.05) is 5.32 Å². The second-order valence-electron chi connectivity index (χ2n) is 2.12. The highest BCUT2D eigenvalue weighted by Gasteiger charge is 2.24. The fourth-order valence-corrected chi connectivity index (χ4v) is 1.72. The molecule has 0 saturated heterocycles. The van der Waals surface area contributed by atoms with Gasteiger partial charge in [-0.25, -0.2) is 0 Å². The predicted molar refractivity (Wildman–Crippen MR) is 47.1 cm³/mol. The minimum atomic E-state index is 0.0417. The summed E-state index contributed by atoms with van der Waals surface area (Å²) < 4.78 is 1.03. The molecule has 0 spiro atoms. The van der Waals surface area contributed by atoms with Gasteiger partial charge in [0.15, 0.2) is 0 Å². The van der Waals surface area contributed by atoms with Crippen LogP contribution >= 0.6 is 22.6 Å². The average Bonchev–Trinajstić information content (AvgIpc) is 1.85. The van der Waals surface area contributed by atoms with E-state index in [-0.39, 0.29) is 5.91 Å². The molecular formula is C7H4INO. The molecule has 10 heavy (non-hydrogen) atoms. The van der Waals surface area contributed by atoms with Gasteiger partial charge in [0.05, 0.1) is 11.3 Å².